The number of aryl methyl sites for hydroxylation is 1. The Morgan fingerprint density at radius 1 is 1.12 bits per heavy atom. The van der Waals surface area contributed by atoms with Crippen molar-refractivity contribution in [2.24, 2.45) is 13.0 Å². The van der Waals surface area contributed by atoms with Gasteiger partial charge in [-0.05, 0) is 75.0 Å². The van der Waals surface area contributed by atoms with Crippen LogP contribution >= 0.6 is 0 Å². The number of aliphatic hydroxyl groups is 1. The molecular formula is C26H35F2N9O3. The summed E-state index contributed by atoms with van der Waals surface area (Å²) in [6.07, 6.45) is 6.80. The van der Waals surface area contributed by atoms with E-state index in [4.69, 9.17) is 4.74 Å². The van der Waals surface area contributed by atoms with Gasteiger partial charge in [-0.1, -0.05) is 6.42 Å². The van der Waals surface area contributed by atoms with Gasteiger partial charge in [0.15, 0.2) is 17.5 Å². The van der Waals surface area contributed by atoms with E-state index in [0.29, 0.717) is 18.5 Å². The average Bonchev–Trinajstić information content (AvgIpc) is 3.27. The lowest BCUT2D eigenvalue weighted by molar-refractivity contribution is 0.0408. The van der Waals surface area contributed by atoms with Gasteiger partial charge in [0.25, 0.3) is 0 Å². The molecule has 5 rings (SSSR count). The Kier molecular flexibility index (Phi) is 7.99. The number of halogens is 2. The van der Waals surface area contributed by atoms with Gasteiger partial charge in [-0.2, -0.15) is 14.3 Å². The molecule has 3 aromatic rings. The van der Waals surface area contributed by atoms with Gasteiger partial charge in [0.1, 0.15) is 17.0 Å². The van der Waals surface area contributed by atoms with Crippen molar-refractivity contribution in [2.45, 2.75) is 57.6 Å². The first kappa shape index (κ1) is 27.9. The fraction of sp³-hybridized carbons (Fsp3) is 0.577. The molecule has 0 bridgehead atoms. The third kappa shape index (κ3) is 5.92. The fourth-order valence-corrected chi connectivity index (χ4v) is 5.40. The SMILES string of the molecule is Cn1nnn(-c2cc(Nc3ncc(F)c(NC[C@@H]4CCCN5CCCC[C@H]45)n3)c(F)cc2OC(C)(C)CO)c1=O. The lowest BCUT2D eigenvalue weighted by atomic mass is 9.83. The highest BCUT2D eigenvalue weighted by molar-refractivity contribution is 5.63. The minimum Gasteiger partial charge on any atom is -0.483 e. The maximum absolute atomic E-state index is 15.3. The van der Waals surface area contributed by atoms with E-state index in [0.717, 1.165) is 54.0 Å². The molecule has 2 aliphatic heterocycles. The van der Waals surface area contributed by atoms with E-state index < -0.39 is 22.9 Å². The molecule has 2 saturated heterocycles. The highest BCUT2D eigenvalue weighted by atomic mass is 19.1. The third-order valence-electron chi connectivity index (χ3n) is 7.52. The molecule has 0 radical (unpaired) electrons. The minimum absolute atomic E-state index is 0.0286. The average molecular weight is 560 g/mol. The van der Waals surface area contributed by atoms with Gasteiger partial charge in [-0.15, -0.1) is 0 Å². The van der Waals surface area contributed by atoms with Crippen LogP contribution in [0, 0.1) is 17.6 Å². The Hall–Kier alpha value is -3.65. The number of aromatic nitrogens is 6. The quantitative estimate of drug-likeness (QED) is 0.359. The van der Waals surface area contributed by atoms with Gasteiger partial charge in [0, 0.05) is 25.7 Å². The summed E-state index contributed by atoms with van der Waals surface area (Å²) in [6.45, 7) is 5.68. The fourth-order valence-electron chi connectivity index (χ4n) is 5.40. The van der Waals surface area contributed by atoms with Crippen LogP contribution in [-0.2, 0) is 7.05 Å². The number of hydrogen-bond donors (Lipinski definition) is 3. The van der Waals surface area contributed by atoms with E-state index >= 15 is 4.39 Å². The van der Waals surface area contributed by atoms with E-state index in [1.807, 2.05) is 0 Å². The highest BCUT2D eigenvalue weighted by Gasteiger charge is 2.33. The Morgan fingerprint density at radius 2 is 1.93 bits per heavy atom. The summed E-state index contributed by atoms with van der Waals surface area (Å²) in [7, 11) is 1.42. The number of piperidine rings is 2. The summed E-state index contributed by atoms with van der Waals surface area (Å²) in [5.41, 5.74) is -1.68. The third-order valence-corrected chi connectivity index (χ3v) is 7.52. The summed E-state index contributed by atoms with van der Waals surface area (Å²) in [4.78, 5) is 23.4. The lowest BCUT2D eigenvalue weighted by Gasteiger charge is -2.44. The van der Waals surface area contributed by atoms with Crippen molar-refractivity contribution in [1.82, 2.24) is 34.7 Å². The molecule has 3 N–H and O–H groups in total. The summed E-state index contributed by atoms with van der Waals surface area (Å²) < 4.78 is 37.7. The molecule has 12 nitrogen and oxygen atoms in total. The predicted octanol–water partition coefficient (Wildman–Crippen LogP) is 2.60. The van der Waals surface area contributed by atoms with Crippen LogP contribution in [0.25, 0.3) is 5.69 Å². The number of nitrogens with zero attached hydrogens (tertiary/aromatic N) is 7. The number of aliphatic hydroxyl groups excluding tert-OH is 1. The first-order valence-corrected chi connectivity index (χ1v) is 13.6. The smallest absolute Gasteiger partial charge is 0.368 e. The molecule has 1 aromatic carbocycles. The number of nitrogens with one attached hydrogen (secondary N) is 2. The van der Waals surface area contributed by atoms with Crippen molar-refractivity contribution in [2.75, 3.05) is 36.9 Å². The van der Waals surface area contributed by atoms with Gasteiger partial charge in [0.05, 0.1) is 18.5 Å². The van der Waals surface area contributed by atoms with E-state index in [2.05, 4.69) is 35.9 Å². The van der Waals surface area contributed by atoms with Gasteiger partial charge in [-0.3, -0.25) is 0 Å². The van der Waals surface area contributed by atoms with Crippen molar-refractivity contribution in [3.05, 3.63) is 40.4 Å². The number of anilines is 3. The number of fused-ring (bicyclic) bond motifs is 1. The Bertz CT molecular complexity index is 1410. The van der Waals surface area contributed by atoms with Gasteiger partial charge in [0.2, 0.25) is 5.95 Å². The van der Waals surface area contributed by atoms with Crippen LogP contribution in [0.4, 0.5) is 26.2 Å². The number of tetrazole rings is 1. The Balaban J connectivity index is 1.39. The molecule has 0 amide bonds. The van der Waals surface area contributed by atoms with E-state index in [9.17, 15) is 14.3 Å². The second-order valence-corrected chi connectivity index (χ2v) is 11.0. The molecule has 0 aliphatic carbocycles. The zero-order valence-electron chi connectivity index (χ0n) is 22.9. The molecule has 0 unspecified atom stereocenters. The first-order valence-electron chi connectivity index (χ1n) is 13.6. The summed E-state index contributed by atoms with van der Waals surface area (Å²) in [6, 6.07) is 2.86. The number of rotatable bonds is 9. The van der Waals surface area contributed by atoms with Crippen LogP contribution in [0.5, 0.6) is 5.75 Å². The zero-order chi connectivity index (χ0) is 28.4. The molecule has 14 heteroatoms. The van der Waals surface area contributed by atoms with Crippen LogP contribution in [0.2, 0.25) is 0 Å². The molecule has 4 heterocycles. The lowest BCUT2D eigenvalue weighted by Crippen LogP contribution is -2.49. The van der Waals surface area contributed by atoms with Crippen molar-refractivity contribution < 1.29 is 18.6 Å². The van der Waals surface area contributed by atoms with Crippen LogP contribution in [-0.4, -0.2) is 77.6 Å². The standard InChI is InChI=1S/C26H35F2N9O3/c1-26(2,15-38)40-22-11-17(27)19(12-21(22)37-25(39)35(3)33-34-37)31-24-30-14-18(28)23(32-24)29-13-16-7-6-10-36-9-5-4-8-20(16)36/h11-12,14,16,20,38H,4-10,13,15H2,1-3H3,(H2,29,30,31,32)/t16-,20+/m0/s1. The van der Waals surface area contributed by atoms with E-state index in [1.54, 1.807) is 13.8 Å². The molecule has 0 spiro atoms. The molecule has 40 heavy (non-hydrogen) atoms. The first-order chi connectivity index (χ1) is 19.1. The van der Waals surface area contributed by atoms with Crippen LogP contribution in [0.15, 0.2) is 23.1 Å². The van der Waals surface area contributed by atoms with E-state index in [-0.39, 0.29) is 35.5 Å². The topological polar surface area (TPSA) is 135 Å². The van der Waals surface area contributed by atoms with Crippen molar-refractivity contribution >= 4 is 17.5 Å². The number of ether oxygens (including phenoxy) is 1. The number of hydrogen-bond acceptors (Lipinski definition) is 10. The minimum atomic E-state index is -1.07. The highest BCUT2D eigenvalue weighted by Crippen LogP contribution is 2.33. The van der Waals surface area contributed by atoms with E-state index in [1.165, 1.54) is 26.0 Å². The van der Waals surface area contributed by atoms with Gasteiger partial charge in [-0.25, -0.2) is 18.6 Å². The molecule has 2 fully saturated rings. The monoisotopic (exact) mass is 559 g/mol. The van der Waals surface area contributed by atoms with Gasteiger partial charge < -0.3 is 25.4 Å². The molecule has 216 valence electrons. The van der Waals surface area contributed by atoms with Crippen LogP contribution < -0.4 is 21.1 Å². The summed E-state index contributed by atoms with van der Waals surface area (Å²) in [5, 5.41) is 23.1. The molecule has 2 aliphatic rings. The Labute approximate surface area is 230 Å². The van der Waals surface area contributed by atoms with Crippen molar-refractivity contribution in [3.8, 4) is 11.4 Å². The van der Waals surface area contributed by atoms with Gasteiger partial charge >= 0.3 is 5.69 Å². The van der Waals surface area contributed by atoms with Crippen molar-refractivity contribution in [3.63, 3.8) is 0 Å². The second-order valence-electron chi connectivity index (χ2n) is 11.0. The molecule has 0 saturated carbocycles. The van der Waals surface area contributed by atoms with Crippen LogP contribution in [0.3, 0.4) is 0 Å². The molecular weight excluding hydrogens is 524 g/mol. The van der Waals surface area contributed by atoms with Crippen molar-refractivity contribution in [1.29, 1.82) is 0 Å². The summed E-state index contributed by atoms with van der Waals surface area (Å²) >= 11 is 0. The number of benzene rings is 1. The predicted molar refractivity (Wildman–Crippen MR) is 144 cm³/mol. The maximum Gasteiger partial charge on any atom is 0.368 e. The normalized spacial score (nSPS) is 19.8. The largest absolute Gasteiger partial charge is 0.483 e. The molecule has 2 atom stereocenters. The molecule has 2 aromatic heterocycles. The summed E-state index contributed by atoms with van der Waals surface area (Å²) in [5.74, 6) is -0.999. The van der Waals surface area contributed by atoms with Crippen LogP contribution in [0.1, 0.15) is 46.0 Å². The second kappa shape index (κ2) is 11.5. The maximum atomic E-state index is 15.3. The zero-order valence-corrected chi connectivity index (χ0v) is 22.9. The Morgan fingerprint density at radius 3 is 2.67 bits per heavy atom.